The van der Waals surface area contributed by atoms with E-state index in [0.717, 1.165) is 42.6 Å². The van der Waals surface area contributed by atoms with Gasteiger partial charge in [-0.15, -0.1) is 0 Å². The zero-order valence-electron chi connectivity index (χ0n) is 17.5. The zero-order valence-corrected chi connectivity index (χ0v) is 17.5. The van der Waals surface area contributed by atoms with Gasteiger partial charge < -0.3 is 9.84 Å². The number of nitrogens with zero attached hydrogens (tertiary/aromatic N) is 1. The molecule has 1 aliphatic carbocycles. The normalized spacial score (nSPS) is 17.2. The molecule has 0 aromatic heterocycles. The van der Waals surface area contributed by atoms with Crippen LogP contribution < -0.4 is 4.74 Å². The van der Waals surface area contributed by atoms with E-state index < -0.39 is 23.5 Å². The van der Waals surface area contributed by atoms with Crippen LogP contribution in [0.25, 0.3) is 5.57 Å². The van der Waals surface area contributed by atoms with Gasteiger partial charge >= 0.3 is 12.1 Å². The van der Waals surface area contributed by atoms with Crippen molar-refractivity contribution in [3.63, 3.8) is 0 Å². The lowest BCUT2D eigenvalue weighted by Gasteiger charge is -2.38. The van der Waals surface area contributed by atoms with E-state index in [0.29, 0.717) is 24.9 Å². The summed E-state index contributed by atoms with van der Waals surface area (Å²) in [5, 5.41) is 9.02. The van der Waals surface area contributed by atoms with Gasteiger partial charge in [0.25, 0.3) is 0 Å². The van der Waals surface area contributed by atoms with E-state index in [1.54, 1.807) is 6.07 Å². The largest absolute Gasteiger partial charge is 0.489 e. The molecular formula is C24H23F4NO3. The summed E-state index contributed by atoms with van der Waals surface area (Å²) >= 11 is 0. The van der Waals surface area contributed by atoms with Crippen LogP contribution in [0.15, 0.2) is 42.0 Å². The molecule has 1 heterocycles. The molecule has 4 nitrogen and oxygen atoms in total. The second kappa shape index (κ2) is 8.58. The highest BCUT2D eigenvalue weighted by atomic mass is 19.4. The average molecular weight is 449 g/mol. The highest BCUT2D eigenvalue weighted by Gasteiger charge is 2.33. The highest BCUT2D eigenvalue weighted by molar-refractivity contribution is 5.73. The molecular weight excluding hydrogens is 426 g/mol. The number of fused-ring (bicyclic) bond motifs is 1. The Morgan fingerprint density at radius 1 is 1.16 bits per heavy atom. The highest BCUT2D eigenvalue weighted by Crippen LogP contribution is 2.35. The van der Waals surface area contributed by atoms with E-state index >= 15 is 0 Å². The summed E-state index contributed by atoms with van der Waals surface area (Å²) in [7, 11) is 0. The fraction of sp³-hybridized carbons (Fsp3) is 0.375. The van der Waals surface area contributed by atoms with Crippen LogP contribution in [0.2, 0.25) is 0 Å². The van der Waals surface area contributed by atoms with Crippen LogP contribution in [0.3, 0.4) is 0 Å². The molecule has 1 aliphatic heterocycles. The van der Waals surface area contributed by atoms with E-state index in [2.05, 4.69) is 11.8 Å². The molecule has 0 saturated carbocycles. The van der Waals surface area contributed by atoms with Gasteiger partial charge in [-0.2, -0.15) is 13.2 Å². The standard InChI is InChI=1S/C24H23F4NO3/c1-14-16(10-29-11-18(12-29)23(30)31)3-2-15-8-20(6-7-21(14)15)32-13-17-4-5-19(9-22(17)25)24(26,27)28/h4-9,18H,2-3,10-13H2,1H3,(H,30,31). The Labute approximate surface area is 183 Å². The molecule has 2 aromatic rings. The minimum atomic E-state index is -4.59. The molecule has 0 atom stereocenters. The summed E-state index contributed by atoms with van der Waals surface area (Å²) in [5.41, 5.74) is 3.70. The predicted molar refractivity (Wildman–Crippen MR) is 111 cm³/mol. The van der Waals surface area contributed by atoms with Crippen molar-refractivity contribution in [1.29, 1.82) is 0 Å². The van der Waals surface area contributed by atoms with Crippen molar-refractivity contribution >= 4 is 11.5 Å². The number of carboxylic acid groups (broad SMARTS) is 1. The van der Waals surface area contributed by atoms with Crippen LogP contribution in [0.4, 0.5) is 17.6 Å². The molecule has 2 aliphatic rings. The van der Waals surface area contributed by atoms with Crippen molar-refractivity contribution in [2.75, 3.05) is 19.6 Å². The number of aryl methyl sites for hydroxylation is 1. The number of rotatable bonds is 6. The van der Waals surface area contributed by atoms with E-state index in [1.165, 1.54) is 11.1 Å². The van der Waals surface area contributed by atoms with Crippen LogP contribution in [-0.4, -0.2) is 35.6 Å². The minimum Gasteiger partial charge on any atom is -0.489 e. The van der Waals surface area contributed by atoms with Crippen LogP contribution in [0.5, 0.6) is 5.75 Å². The molecule has 0 spiro atoms. The third-order valence-corrected chi connectivity index (χ3v) is 6.20. The maximum Gasteiger partial charge on any atom is 0.416 e. The predicted octanol–water partition coefficient (Wildman–Crippen LogP) is 5.16. The van der Waals surface area contributed by atoms with Crippen molar-refractivity contribution in [3.8, 4) is 5.75 Å². The van der Waals surface area contributed by atoms with Gasteiger partial charge in [0, 0.05) is 25.2 Å². The summed E-state index contributed by atoms with van der Waals surface area (Å²) in [5.74, 6) is -1.44. The summed E-state index contributed by atoms with van der Waals surface area (Å²) in [4.78, 5) is 13.1. The molecule has 0 unspecified atom stereocenters. The van der Waals surface area contributed by atoms with E-state index in [-0.39, 0.29) is 18.1 Å². The van der Waals surface area contributed by atoms with Crippen molar-refractivity contribution in [3.05, 3.63) is 70.0 Å². The van der Waals surface area contributed by atoms with Gasteiger partial charge in [0.1, 0.15) is 18.2 Å². The van der Waals surface area contributed by atoms with Crippen LogP contribution in [0.1, 0.15) is 35.6 Å². The summed E-state index contributed by atoms with van der Waals surface area (Å²) in [6.07, 6.45) is -2.91. The number of likely N-dealkylation sites (tertiary alicyclic amines) is 1. The monoisotopic (exact) mass is 449 g/mol. The number of aliphatic carboxylic acids is 1. The second-order valence-corrected chi connectivity index (χ2v) is 8.37. The van der Waals surface area contributed by atoms with Gasteiger partial charge in [-0.05, 0) is 60.7 Å². The molecule has 2 aromatic carbocycles. The smallest absolute Gasteiger partial charge is 0.416 e. The van der Waals surface area contributed by atoms with Gasteiger partial charge in [0.15, 0.2) is 0 Å². The maximum absolute atomic E-state index is 14.0. The van der Waals surface area contributed by atoms with Gasteiger partial charge in [-0.1, -0.05) is 17.7 Å². The summed E-state index contributed by atoms with van der Waals surface area (Å²) < 4.78 is 57.7. The molecule has 1 N–H and O–H groups in total. The Bertz CT molecular complexity index is 1070. The summed E-state index contributed by atoms with van der Waals surface area (Å²) in [6, 6.07) is 8.04. The number of allylic oxidation sites excluding steroid dienone is 1. The van der Waals surface area contributed by atoms with Crippen molar-refractivity contribution in [2.24, 2.45) is 5.92 Å². The lowest BCUT2D eigenvalue weighted by Crippen LogP contribution is -2.50. The second-order valence-electron chi connectivity index (χ2n) is 8.37. The fourth-order valence-electron chi connectivity index (χ4n) is 4.22. The first-order valence-electron chi connectivity index (χ1n) is 10.4. The molecule has 170 valence electrons. The zero-order chi connectivity index (χ0) is 23.0. The number of hydrogen-bond donors (Lipinski definition) is 1. The Balaban J connectivity index is 1.41. The number of benzene rings is 2. The molecule has 32 heavy (non-hydrogen) atoms. The molecule has 8 heteroatoms. The van der Waals surface area contributed by atoms with Gasteiger partial charge in [0.2, 0.25) is 0 Å². The van der Waals surface area contributed by atoms with Crippen molar-refractivity contribution in [2.45, 2.75) is 32.5 Å². The molecule has 1 saturated heterocycles. The number of alkyl halides is 3. The van der Waals surface area contributed by atoms with Crippen molar-refractivity contribution in [1.82, 2.24) is 4.90 Å². The van der Waals surface area contributed by atoms with Crippen LogP contribution in [0, 0.1) is 11.7 Å². The number of halogens is 4. The van der Waals surface area contributed by atoms with Crippen molar-refractivity contribution < 1.29 is 32.2 Å². The Hall–Kier alpha value is -2.87. The van der Waals surface area contributed by atoms with E-state index in [1.807, 2.05) is 12.1 Å². The van der Waals surface area contributed by atoms with Gasteiger partial charge in [-0.25, -0.2) is 4.39 Å². The Kier molecular flexibility index (Phi) is 5.99. The first-order chi connectivity index (χ1) is 15.1. The number of carbonyl (C=O) groups is 1. The third kappa shape index (κ3) is 4.65. The van der Waals surface area contributed by atoms with Crippen LogP contribution in [-0.2, 0) is 24.0 Å². The molecule has 0 bridgehead atoms. The summed E-state index contributed by atoms with van der Waals surface area (Å²) in [6.45, 7) is 3.81. The number of hydrogen-bond acceptors (Lipinski definition) is 3. The minimum absolute atomic E-state index is 0.0586. The Morgan fingerprint density at radius 3 is 2.56 bits per heavy atom. The Morgan fingerprint density at radius 2 is 1.91 bits per heavy atom. The SMILES string of the molecule is CC1=C(CN2CC(C(=O)O)C2)CCc2cc(OCc3ccc(C(F)(F)F)cc3F)ccc21. The third-order valence-electron chi connectivity index (χ3n) is 6.20. The fourth-order valence-corrected chi connectivity index (χ4v) is 4.22. The van der Waals surface area contributed by atoms with E-state index in [9.17, 15) is 22.4 Å². The lowest BCUT2D eigenvalue weighted by molar-refractivity contribution is -0.147. The first-order valence-corrected chi connectivity index (χ1v) is 10.4. The maximum atomic E-state index is 14.0. The molecule has 0 amide bonds. The number of carboxylic acids is 1. The van der Waals surface area contributed by atoms with Gasteiger partial charge in [0.05, 0.1) is 11.5 Å². The van der Waals surface area contributed by atoms with Crippen LogP contribution >= 0.6 is 0 Å². The molecule has 1 fully saturated rings. The number of ether oxygens (including phenoxy) is 1. The van der Waals surface area contributed by atoms with Gasteiger partial charge in [-0.3, -0.25) is 9.69 Å². The molecule has 0 radical (unpaired) electrons. The quantitative estimate of drug-likeness (QED) is 0.619. The van der Waals surface area contributed by atoms with E-state index in [4.69, 9.17) is 9.84 Å². The first kappa shape index (κ1) is 22.3. The molecule has 4 rings (SSSR count). The topological polar surface area (TPSA) is 49.8 Å². The average Bonchev–Trinajstić information content (AvgIpc) is 2.69. The lowest BCUT2D eigenvalue weighted by atomic mass is 9.85.